The summed E-state index contributed by atoms with van der Waals surface area (Å²) in [6, 6.07) is 4.51. The second-order valence-corrected chi connectivity index (χ2v) is 11.5. The van der Waals surface area contributed by atoms with E-state index in [2.05, 4.69) is 33.7 Å². The molecule has 3 aliphatic rings. The third-order valence-corrected chi connectivity index (χ3v) is 7.78. The smallest absolute Gasteiger partial charge is 0.249 e. The monoisotopic (exact) mass is 511 g/mol. The van der Waals surface area contributed by atoms with Crippen molar-refractivity contribution in [1.29, 1.82) is 0 Å². The molecule has 3 saturated heterocycles. The maximum absolute atomic E-state index is 14.2. The number of rotatable bonds is 6. The van der Waals surface area contributed by atoms with Crippen LogP contribution in [0.15, 0.2) is 23.3 Å². The summed E-state index contributed by atoms with van der Waals surface area (Å²) >= 11 is 0. The third kappa shape index (κ3) is 5.16. The molecule has 1 aromatic carbocycles. The molecule has 37 heavy (non-hydrogen) atoms. The Balaban J connectivity index is 1.72. The highest BCUT2D eigenvalue weighted by Crippen LogP contribution is 2.42. The molecule has 0 aromatic heterocycles. The van der Waals surface area contributed by atoms with Gasteiger partial charge in [0.1, 0.15) is 12.6 Å². The average Bonchev–Trinajstić information content (AvgIpc) is 3.39. The summed E-state index contributed by atoms with van der Waals surface area (Å²) in [6.45, 7) is 13.6. The standard InChI is InChI=1S/C26H37N7O4/c1-15(2)31-8-10-32(11-9-31)16-6-7-17(24(27)35)18(12-16)21(26(3,4)5)25(36)33-13-19(29-30-28)23-22(33)20(34)14-37-23/h6-7,12,15,19,21-23H,8-11,13-14H2,1-5H3,(H2,27,35)/t19-,21-,22+,23+/m0/s1. The molecule has 0 saturated carbocycles. The van der Waals surface area contributed by atoms with E-state index in [0.29, 0.717) is 11.6 Å². The summed E-state index contributed by atoms with van der Waals surface area (Å²) in [5.41, 5.74) is 15.9. The van der Waals surface area contributed by atoms with Gasteiger partial charge in [0, 0.05) is 54.9 Å². The third-order valence-electron chi connectivity index (χ3n) is 7.78. The Hall–Kier alpha value is -3.14. The number of hydrogen-bond acceptors (Lipinski definition) is 7. The Morgan fingerprint density at radius 2 is 1.86 bits per heavy atom. The van der Waals surface area contributed by atoms with Crippen LogP contribution in [0, 0.1) is 5.41 Å². The highest BCUT2D eigenvalue weighted by Gasteiger charge is 2.54. The van der Waals surface area contributed by atoms with E-state index in [0.717, 1.165) is 31.9 Å². The fourth-order valence-corrected chi connectivity index (χ4v) is 5.87. The fraction of sp³-hybridized carbons (Fsp3) is 0.654. The van der Waals surface area contributed by atoms with Crippen LogP contribution in [0.4, 0.5) is 5.69 Å². The summed E-state index contributed by atoms with van der Waals surface area (Å²) < 4.78 is 5.60. The number of anilines is 1. The number of amides is 2. The fourth-order valence-electron chi connectivity index (χ4n) is 5.87. The molecule has 11 nitrogen and oxygen atoms in total. The van der Waals surface area contributed by atoms with Gasteiger partial charge in [-0.15, -0.1) is 0 Å². The van der Waals surface area contributed by atoms with Crippen LogP contribution in [0.25, 0.3) is 10.4 Å². The predicted molar refractivity (Wildman–Crippen MR) is 139 cm³/mol. The topological polar surface area (TPSA) is 145 Å². The number of ether oxygens (including phenoxy) is 1. The van der Waals surface area contributed by atoms with Crippen molar-refractivity contribution in [1.82, 2.24) is 9.80 Å². The number of nitrogens with zero attached hydrogens (tertiary/aromatic N) is 6. The Morgan fingerprint density at radius 3 is 2.43 bits per heavy atom. The summed E-state index contributed by atoms with van der Waals surface area (Å²) in [7, 11) is 0. The van der Waals surface area contributed by atoms with Crippen LogP contribution in [0.5, 0.6) is 0 Å². The molecule has 4 atom stereocenters. The minimum Gasteiger partial charge on any atom is -0.369 e. The van der Waals surface area contributed by atoms with Gasteiger partial charge in [-0.3, -0.25) is 19.3 Å². The summed E-state index contributed by atoms with van der Waals surface area (Å²) in [6.07, 6.45) is -0.660. The van der Waals surface area contributed by atoms with Crippen LogP contribution in [0.1, 0.15) is 56.5 Å². The Morgan fingerprint density at radius 1 is 1.19 bits per heavy atom. The lowest BCUT2D eigenvalue weighted by molar-refractivity contribution is -0.139. The van der Waals surface area contributed by atoms with Crippen molar-refractivity contribution in [3.63, 3.8) is 0 Å². The first-order valence-electron chi connectivity index (χ1n) is 12.9. The summed E-state index contributed by atoms with van der Waals surface area (Å²) in [4.78, 5) is 48.5. The predicted octanol–water partition coefficient (Wildman–Crippen LogP) is 2.30. The first-order valence-corrected chi connectivity index (χ1v) is 12.9. The molecule has 1 aromatic rings. The summed E-state index contributed by atoms with van der Waals surface area (Å²) in [5, 5.41) is 3.79. The molecule has 3 heterocycles. The number of azide groups is 1. The minimum absolute atomic E-state index is 0.0826. The van der Waals surface area contributed by atoms with Gasteiger partial charge in [0.05, 0.1) is 18.1 Å². The van der Waals surface area contributed by atoms with Gasteiger partial charge in [-0.1, -0.05) is 25.9 Å². The highest BCUT2D eigenvalue weighted by molar-refractivity contribution is 5.99. The number of Topliss-reactive ketones (excluding diaryl/α,β-unsaturated/α-hetero) is 1. The van der Waals surface area contributed by atoms with Crippen molar-refractivity contribution in [2.24, 2.45) is 16.3 Å². The Labute approximate surface area is 217 Å². The number of piperazine rings is 1. The van der Waals surface area contributed by atoms with Crippen molar-refractivity contribution in [2.75, 3.05) is 44.2 Å². The molecule has 0 radical (unpaired) electrons. The first kappa shape index (κ1) is 26.9. The molecule has 3 fully saturated rings. The number of primary amides is 1. The molecule has 0 aliphatic carbocycles. The van der Waals surface area contributed by atoms with Crippen LogP contribution in [0.2, 0.25) is 0 Å². The molecule has 4 rings (SSSR count). The van der Waals surface area contributed by atoms with Gasteiger partial charge in [0.2, 0.25) is 11.8 Å². The molecule has 2 amide bonds. The van der Waals surface area contributed by atoms with Crippen LogP contribution >= 0.6 is 0 Å². The molecule has 0 bridgehead atoms. The molecule has 2 N–H and O–H groups in total. The second-order valence-electron chi connectivity index (χ2n) is 11.5. The largest absolute Gasteiger partial charge is 0.369 e. The van der Waals surface area contributed by atoms with Gasteiger partial charge in [-0.05, 0) is 48.6 Å². The number of carbonyl (C=O) groups is 3. The number of benzene rings is 1. The van der Waals surface area contributed by atoms with Gasteiger partial charge < -0.3 is 20.3 Å². The molecule has 0 unspecified atom stereocenters. The van der Waals surface area contributed by atoms with E-state index in [1.807, 2.05) is 32.9 Å². The Bertz CT molecular complexity index is 1120. The van der Waals surface area contributed by atoms with E-state index in [4.69, 9.17) is 16.0 Å². The number of hydrogen-bond donors (Lipinski definition) is 1. The number of nitrogens with two attached hydrogens (primary N) is 1. The van der Waals surface area contributed by atoms with E-state index in [1.54, 1.807) is 6.07 Å². The quantitative estimate of drug-likeness (QED) is 0.352. The molecule has 0 spiro atoms. The van der Waals surface area contributed by atoms with Gasteiger partial charge in [-0.2, -0.15) is 0 Å². The number of fused-ring (bicyclic) bond motifs is 1. The zero-order valence-electron chi connectivity index (χ0n) is 22.3. The molecular formula is C26H37N7O4. The van der Waals surface area contributed by atoms with E-state index in [9.17, 15) is 14.4 Å². The lowest BCUT2D eigenvalue weighted by Crippen LogP contribution is -2.49. The van der Waals surface area contributed by atoms with Crippen molar-refractivity contribution in [2.45, 2.75) is 64.8 Å². The van der Waals surface area contributed by atoms with Crippen LogP contribution in [-0.4, -0.2) is 91.0 Å². The van der Waals surface area contributed by atoms with Gasteiger partial charge in [0.15, 0.2) is 5.78 Å². The van der Waals surface area contributed by atoms with Crippen molar-refractivity contribution in [3.05, 3.63) is 39.8 Å². The number of likely N-dealkylation sites (tertiary alicyclic amines) is 1. The lowest BCUT2D eigenvalue weighted by Gasteiger charge is -2.39. The van der Waals surface area contributed by atoms with E-state index in [-0.39, 0.29) is 30.4 Å². The number of ketones is 1. The van der Waals surface area contributed by atoms with E-state index in [1.165, 1.54) is 4.90 Å². The first-order chi connectivity index (χ1) is 17.4. The van der Waals surface area contributed by atoms with E-state index < -0.39 is 35.4 Å². The van der Waals surface area contributed by atoms with Crippen LogP contribution in [0.3, 0.4) is 0 Å². The molecular weight excluding hydrogens is 474 g/mol. The molecule has 200 valence electrons. The number of carbonyl (C=O) groups excluding carboxylic acids is 3. The van der Waals surface area contributed by atoms with Crippen molar-refractivity contribution >= 4 is 23.3 Å². The van der Waals surface area contributed by atoms with Crippen molar-refractivity contribution < 1.29 is 19.1 Å². The maximum atomic E-state index is 14.2. The van der Waals surface area contributed by atoms with Gasteiger partial charge >= 0.3 is 0 Å². The maximum Gasteiger partial charge on any atom is 0.249 e. The Kier molecular flexibility index (Phi) is 7.50. The SMILES string of the molecule is CC(C)N1CCN(c2ccc(C(N)=O)c([C@@H](C(=O)N3C[C@H](N=[N+]=[N-])[C@H]4OCC(=O)[C@H]43)C(C)(C)C)c2)CC1. The van der Waals surface area contributed by atoms with Gasteiger partial charge in [-0.25, -0.2) is 0 Å². The van der Waals surface area contributed by atoms with Crippen LogP contribution < -0.4 is 10.6 Å². The van der Waals surface area contributed by atoms with Gasteiger partial charge in [0.25, 0.3) is 0 Å². The highest BCUT2D eigenvalue weighted by atomic mass is 16.5. The second kappa shape index (κ2) is 10.3. The molecule has 3 aliphatic heterocycles. The summed E-state index contributed by atoms with van der Waals surface area (Å²) in [5.74, 6) is -1.89. The molecule has 11 heteroatoms. The average molecular weight is 512 g/mol. The zero-order valence-corrected chi connectivity index (χ0v) is 22.3. The van der Waals surface area contributed by atoms with E-state index >= 15 is 0 Å². The normalized spacial score (nSPS) is 25.2. The van der Waals surface area contributed by atoms with Crippen molar-refractivity contribution in [3.8, 4) is 0 Å². The minimum atomic E-state index is -0.808. The zero-order chi connectivity index (χ0) is 27.1. The van der Waals surface area contributed by atoms with Crippen LogP contribution in [-0.2, 0) is 14.3 Å². The lowest BCUT2D eigenvalue weighted by atomic mass is 9.73.